The van der Waals surface area contributed by atoms with Crippen molar-refractivity contribution in [1.29, 1.82) is 0 Å². The first-order valence-electron chi connectivity index (χ1n) is 26.7. The van der Waals surface area contributed by atoms with E-state index in [0.717, 1.165) is 43.9 Å². The van der Waals surface area contributed by atoms with Gasteiger partial charge in [0, 0.05) is 31.5 Å². The molecule has 6 heteroatoms. The Morgan fingerprint density at radius 3 is 1.22 bits per heavy atom. The lowest BCUT2D eigenvalue weighted by molar-refractivity contribution is -0.138. The van der Waals surface area contributed by atoms with Gasteiger partial charge in [-0.15, -0.1) is 0 Å². The van der Waals surface area contributed by atoms with E-state index in [9.17, 15) is 5.11 Å². The van der Waals surface area contributed by atoms with E-state index in [2.05, 4.69) is 51.6 Å². The SMILES string of the molecule is CCCCCCCCC(CCCCCC)C(=S)OCCCCCCCCN(CCCCCCCCCOC(O)C(CCCCCC)CCCCCCCC)CCN(C)C. The fraction of sp³-hybridized carbons (Fsp3) is 0.981. The van der Waals surface area contributed by atoms with Crippen LogP contribution in [0.15, 0.2) is 0 Å². The van der Waals surface area contributed by atoms with Crippen LogP contribution in [0, 0.1) is 11.8 Å². The number of aliphatic hydroxyl groups excluding tert-OH is 1. The lowest BCUT2D eigenvalue weighted by Gasteiger charge is -2.24. The molecule has 354 valence electrons. The Hall–Kier alpha value is -0.270. The van der Waals surface area contributed by atoms with Crippen LogP contribution in [0.4, 0.5) is 0 Å². The number of rotatable bonds is 49. The summed E-state index contributed by atoms with van der Waals surface area (Å²) >= 11 is 5.85. The molecule has 0 spiro atoms. The highest BCUT2D eigenvalue weighted by Gasteiger charge is 2.19. The van der Waals surface area contributed by atoms with Crippen LogP contribution in [-0.4, -0.2) is 79.7 Å². The van der Waals surface area contributed by atoms with Crippen LogP contribution >= 0.6 is 12.2 Å². The zero-order chi connectivity index (χ0) is 43.3. The Labute approximate surface area is 377 Å². The van der Waals surface area contributed by atoms with Gasteiger partial charge in [0.1, 0.15) is 0 Å². The molecule has 0 saturated carbocycles. The minimum atomic E-state index is -0.570. The second-order valence-corrected chi connectivity index (χ2v) is 19.3. The second kappa shape index (κ2) is 47.2. The third kappa shape index (κ3) is 41.5. The van der Waals surface area contributed by atoms with Crippen LogP contribution in [0.25, 0.3) is 0 Å². The average Bonchev–Trinajstić information content (AvgIpc) is 3.23. The van der Waals surface area contributed by atoms with Crippen LogP contribution in [0.1, 0.15) is 265 Å². The Balaban J connectivity index is 4.17. The molecular formula is C53H108N2O3S. The topological polar surface area (TPSA) is 45.2 Å². The van der Waals surface area contributed by atoms with E-state index >= 15 is 0 Å². The van der Waals surface area contributed by atoms with Gasteiger partial charge in [-0.3, -0.25) is 0 Å². The summed E-state index contributed by atoms with van der Waals surface area (Å²) in [5, 5.41) is 11.8. The summed E-state index contributed by atoms with van der Waals surface area (Å²) in [5.41, 5.74) is 0. The highest BCUT2D eigenvalue weighted by molar-refractivity contribution is 7.80. The van der Waals surface area contributed by atoms with Crippen molar-refractivity contribution in [2.24, 2.45) is 11.8 Å². The summed E-state index contributed by atoms with van der Waals surface area (Å²) in [7, 11) is 4.40. The molecule has 0 radical (unpaired) electrons. The van der Waals surface area contributed by atoms with Gasteiger partial charge in [0.05, 0.1) is 6.61 Å². The number of hydrogen-bond donors (Lipinski definition) is 1. The molecule has 0 aliphatic rings. The summed E-state index contributed by atoms with van der Waals surface area (Å²) in [4.78, 5) is 5.06. The standard InChI is InChI=1S/C53H108N2O3S/c1-7-11-15-19-26-34-41-50(40-32-17-13-9-3)52(56)57-48-38-30-24-21-22-28-36-44-55(47-46-54(5)6)45-37-29-23-25-31-39-49-58-53(59)51(42-33-18-14-10-4)43-35-27-20-16-12-8-2/h50-52,56H,7-49H2,1-6H3. The van der Waals surface area contributed by atoms with Gasteiger partial charge < -0.3 is 24.4 Å². The maximum Gasteiger partial charge on any atom is 0.162 e. The van der Waals surface area contributed by atoms with Crippen LogP contribution in [0.2, 0.25) is 0 Å². The first-order chi connectivity index (χ1) is 28.9. The summed E-state index contributed by atoms with van der Waals surface area (Å²) in [6.07, 6.45) is 47.2. The molecule has 0 aliphatic carbocycles. The van der Waals surface area contributed by atoms with Crippen molar-refractivity contribution in [3.63, 3.8) is 0 Å². The second-order valence-electron chi connectivity index (χ2n) is 18.9. The largest absolute Gasteiger partial charge is 0.487 e. The number of hydrogen-bond acceptors (Lipinski definition) is 6. The smallest absolute Gasteiger partial charge is 0.162 e. The van der Waals surface area contributed by atoms with E-state index in [4.69, 9.17) is 21.7 Å². The van der Waals surface area contributed by atoms with Crippen molar-refractivity contribution in [1.82, 2.24) is 9.80 Å². The molecular weight excluding hydrogens is 745 g/mol. The van der Waals surface area contributed by atoms with Gasteiger partial charge in [0.25, 0.3) is 0 Å². The summed E-state index contributed by atoms with van der Waals surface area (Å²) in [6.45, 7) is 15.5. The maximum absolute atomic E-state index is 10.9. The van der Waals surface area contributed by atoms with Crippen molar-refractivity contribution in [3.8, 4) is 0 Å². The van der Waals surface area contributed by atoms with Crippen molar-refractivity contribution in [3.05, 3.63) is 0 Å². The lowest BCUT2D eigenvalue weighted by Crippen LogP contribution is -2.33. The molecule has 5 nitrogen and oxygen atoms in total. The third-order valence-electron chi connectivity index (χ3n) is 12.8. The normalized spacial score (nSPS) is 13.4. The predicted octanol–water partition coefficient (Wildman–Crippen LogP) is 16.3. The van der Waals surface area contributed by atoms with Crippen molar-refractivity contribution in [2.75, 3.05) is 53.5 Å². The molecule has 0 aromatic carbocycles. The van der Waals surface area contributed by atoms with Gasteiger partial charge in [0.2, 0.25) is 0 Å². The zero-order valence-electron chi connectivity index (χ0n) is 41.2. The van der Waals surface area contributed by atoms with E-state index in [1.54, 1.807) is 0 Å². The number of thiocarbonyl (C=S) groups is 1. The molecule has 59 heavy (non-hydrogen) atoms. The minimum Gasteiger partial charge on any atom is -0.487 e. The molecule has 0 saturated heterocycles. The zero-order valence-corrected chi connectivity index (χ0v) is 42.0. The van der Waals surface area contributed by atoms with E-state index in [0.29, 0.717) is 18.4 Å². The Kier molecular flexibility index (Phi) is 47.0. The average molecular weight is 854 g/mol. The lowest BCUT2D eigenvalue weighted by atomic mass is 9.93. The van der Waals surface area contributed by atoms with Gasteiger partial charge in [-0.2, -0.15) is 0 Å². The van der Waals surface area contributed by atoms with Crippen LogP contribution < -0.4 is 0 Å². The van der Waals surface area contributed by atoms with Gasteiger partial charge in [-0.25, -0.2) is 0 Å². The highest BCUT2D eigenvalue weighted by Crippen LogP contribution is 2.24. The van der Waals surface area contributed by atoms with Crippen LogP contribution in [0.3, 0.4) is 0 Å². The van der Waals surface area contributed by atoms with Gasteiger partial charge in [-0.05, 0) is 90.8 Å². The van der Waals surface area contributed by atoms with Crippen LogP contribution in [-0.2, 0) is 9.47 Å². The highest BCUT2D eigenvalue weighted by atomic mass is 32.1. The monoisotopic (exact) mass is 853 g/mol. The van der Waals surface area contributed by atoms with E-state index in [1.165, 1.54) is 232 Å². The van der Waals surface area contributed by atoms with Gasteiger partial charge in [0.15, 0.2) is 11.3 Å². The fourth-order valence-electron chi connectivity index (χ4n) is 8.59. The maximum atomic E-state index is 10.9. The molecule has 0 fully saturated rings. The van der Waals surface area contributed by atoms with E-state index in [1.807, 2.05) is 0 Å². The molecule has 0 aliphatic heterocycles. The first-order valence-corrected chi connectivity index (χ1v) is 27.1. The van der Waals surface area contributed by atoms with E-state index < -0.39 is 6.29 Å². The summed E-state index contributed by atoms with van der Waals surface area (Å²) in [5.74, 6) is 0.807. The van der Waals surface area contributed by atoms with Crippen molar-refractivity contribution in [2.45, 2.75) is 272 Å². The Morgan fingerprint density at radius 1 is 0.424 bits per heavy atom. The first kappa shape index (κ1) is 58.7. The number of likely N-dealkylation sites (N-methyl/N-ethyl adjacent to an activating group) is 1. The molecule has 1 N–H and O–H groups in total. The third-order valence-corrected chi connectivity index (χ3v) is 13.2. The Bertz CT molecular complexity index is 829. The molecule has 0 heterocycles. The summed E-state index contributed by atoms with van der Waals surface area (Å²) < 4.78 is 12.2. The number of aliphatic hydroxyl groups is 1. The number of unbranched alkanes of at least 4 members (excludes halogenated alkanes) is 27. The molecule has 3 unspecified atom stereocenters. The molecule has 0 aromatic heterocycles. The molecule has 3 atom stereocenters. The van der Waals surface area contributed by atoms with Crippen LogP contribution in [0.5, 0.6) is 0 Å². The molecule has 0 rings (SSSR count). The minimum absolute atomic E-state index is 0.318. The number of ether oxygens (including phenoxy) is 2. The van der Waals surface area contributed by atoms with E-state index in [-0.39, 0.29) is 0 Å². The quantitative estimate of drug-likeness (QED) is 0.0374. The predicted molar refractivity (Wildman–Crippen MR) is 266 cm³/mol. The Morgan fingerprint density at radius 2 is 0.780 bits per heavy atom. The van der Waals surface area contributed by atoms with Gasteiger partial charge in [-0.1, -0.05) is 214 Å². The fourth-order valence-corrected chi connectivity index (χ4v) is 8.91. The van der Waals surface area contributed by atoms with Gasteiger partial charge >= 0.3 is 0 Å². The summed E-state index contributed by atoms with van der Waals surface area (Å²) in [6, 6.07) is 0. The molecule has 0 bridgehead atoms. The molecule has 0 aromatic rings. The molecule has 0 amide bonds. The van der Waals surface area contributed by atoms with Crippen molar-refractivity contribution < 1.29 is 14.6 Å². The number of nitrogens with zero attached hydrogens (tertiary/aromatic N) is 2. The van der Waals surface area contributed by atoms with Crippen molar-refractivity contribution >= 4 is 17.3 Å².